The number of fused-ring (bicyclic) bond motifs is 2. The van der Waals surface area contributed by atoms with E-state index in [9.17, 15) is 9.59 Å². The van der Waals surface area contributed by atoms with Crippen LogP contribution < -0.4 is 15.4 Å². The van der Waals surface area contributed by atoms with Crippen LogP contribution in [0.5, 0.6) is 5.75 Å². The number of Topliss-reactive ketones (excluding diaryl/α,β-unsaturated/α-hetero) is 1. The molecule has 0 unspecified atom stereocenters. The Labute approximate surface area is 240 Å². The van der Waals surface area contributed by atoms with E-state index >= 15 is 0 Å². The molecule has 10 nitrogen and oxygen atoms in total. The summed E-state index contributed by atoms with van der Waals surface area (Å²) >= 11 is 0. The van der Waals surface area contributed by atoms with E-state index in [-0.39, 0.29) is 35.1 Å². The van der Waals surface area contributed by atoms with Gasteiger partial charge >= 0.3 is 6.03 Å². The van der Waals surface area contributed by atoms with E-state index in [0.717, 1.165) is 41.2 Å². The highest BCUT2D eigenvalue weighted by Gasteiger charge is 2.30. The Kier molecular flexibility index (Phi) is 7.75. The molecule has 41 heavy (non-hydrogen) atoms. The molecule has 10 heteroatoms. The molecule has 214 valence electrons. The van der Waals surface area contributed by atoms with Crippen molar-refractivity contribution in [3.05, 3.63) is 77.1 Å². The third kappa shape index (κ3) is 6.06. The van der Waals surface area contributed by atoms with Crippen LogP contribution in [0.3, 0.4) is 0 Å². The Morgan fingerprint density at radius 1 is 1.07 bits per heavy atom. The van der Waals surface area contributed by atoms with E-state index in [0.29, 0.717) is 17.9 Å². The van der Waals surface area contributed by atoms with Gasteiger partial charge in [-0.05, 0) is 42.5 Å². The average molecular weight is 556 g/mol. The topological polar surface area (TPSA) is 123 Å². The molecule has 0 aliphatic heterocycles. The van der Waals surface area contributed by atoms with Crippen molar-refractivity contribution in [2.45, 2.75) is 84.3 Å². The van der Waals surface area contributed by atoms with Gasteiger partial charge in [0.2, 0.25) is 0 Å². The summed E-state index contributed by atoms with van der Waals surface area (Å²) in [6, 6.07) is 13.0. The van der Waals surface area contributed by atoms with Crippen LogP contribution in [-0.4, -0.2) is 36.4 Å². The molecule has 2 N–H and O–H groups in total. The van der Waals surface area contributed by atoms with Gasteiger partial charge in [-0.15, -0.1) is 10.2 Å². The van der Waals surface area contributed by atoms with Gasteiger partial charge in [0.15, 0.2) is 17.3 Å². The van der Waals surface area contributed by atoms with Crippen molar-refractivity contribution in [2.24, 2.45) is 0 Å². The van der Waals surface area contributed by atoms with E-state index in [4.69, 9.17) is 4.74 Å². The molecule has 5 rings (SSSR count). The summed E-state index contributed by atoms with van der Waals surface area (Å²) < 4.78 is 8.51. The fraction of sp³-hybridized carbons (Fsp3) is 0.419. The SMILES string of the molecule is CC[C@H](C)c1nnc2ccc(O[C@@H]3CC[C@H](NC(=O)Nc4cc(C(C)(C)C)nc(C(C)=O)n4)c4ccccc43)cn12. The highest BCUT2D eigenvalue weighted by Crippen LogP contribution is 2.39. The zero-order valence-corrected chi connectivity index (χ0v) is 24.4. The Bertz CT molecular complexity index is 1590. The molecule has 0 spiro atoms. The minimum Gasteiger partial charge on any atom is -0.484 e. The number of ketones is 1. The predicted octanol–water partition coefficient (Wildman–Crippen LogP) is 6.31. The largest absolute Gasteiger partial charge is 0.484 e. The minimum absolute atomic E-state index is 0.0802. The molecule has 3 aromatic heterocycles. The first-order valence-electron chi connectivity index (χ1n) is 14.1. The zero-order chi connectivity index (χ0) is 29.3. The standard InChI is InChI=1S/C31H37N7O3/c1-7-18(2)29-37-36-27-15-12-20(17-38(27)29)41-24-14-13-23(21-10-8-9-11-22(21)24)32-30(40)35-26-16-25(31(4,5)6)33-28(34-26)19(3)39/h8-12,15-18,23-24H,7,13-14H2,1-6H3,(H2,32,33,34,35,40)/t18-,23-,24+/m0/s1. The summed E-state index contributed by atoms with van der Waals surface area (Å²) in [6.07, 6.45) is 4.17. The molecule has 2 amide bonds. The number of hydrogen-bond acceptors (Lipinski definition) is 7. The number of pyridine rings is 1. The van der Waals surface area contributed by atoms with E-state index in [1.54, 1.807) is 6.07 Å². The smallest absolute Gasteiger partial charge is 0.320 e. The van der Waals surface area contributed by atoms with Gasteiger partial charge in [-0.3, -0.25) is 14.5 Å². The second-order valence-electron chi connectivity index (χ2n) is 11.7. The van der Waals surface area contributed by atoms with Crippen LogP contribution in [0.4, 0.5) is 10.6 Å². The number of benzene rings is 1. The van der Waals surface area contributed by atoms with Gasteiger partial charge in [0.05, 0.1) is 17.9 Å². The number of urea groups is 1. The fourth-order valence-electron chi connectivity index (χ4n) is 5.03. The van der Waals surface area contributed by atoms with Gasteiger partial charge in [0, 0.05) is 24.3 Å². The van der Waals surface area contributed by atoms with Crippen molar-refractivity contribution in [3.63, 3.8) is 0 Å². The Morgan fingerprint density at radius 3 is 2.54 bits per heavy atom. The maximum atomic E-state index is 13.1. The molecule has 1 aliphatic rings. The molecule has 0 saturated carbocycles. The lowest BCUT2D eigenvalue weighted by molar-refractivity contribution is 0.100. The zero-order valence-electron chi connectivity index (χ0n) is 24.4. The number of ether oxygens (including phenoxy) is 1. The molecular weight excluding hydrogens is 518 g/mol. The molecular formula is C31H37N7O3. The third-order valence-electron chi connectivity index (χ3n) is 7.53. The summed E-state index contributed by atoms with van der Waals surface area (Å²) in [4.78, 5) is 33.8. The maximum Gasteiger partial charge on any atom is 0.320 e. The highest BCUT2D eigenvalue weighted by molar-refractivity contribution is 5.92. The summed E-state index contributed by atoms with van der Waals surface area (Å²) in [5.74, 6) is 2.05. The van der Waals surface area contributed by atoms with Crippen molar-refractivity contribution in [3.8, 4) is 5.75 Å². The fourth-order valence-corrected chi connectivity index (χ4v) is 5.03. The van der Waals surface area contributed by atoms with Crippen LogP contribution in [0.2, 0.25) is 0 Å². The lowest BCUT2D eigenvalue weighted by atomic mass is 9.85. The van der Waals surface area contributed by atoms with Gasteiger partial charge < -0.3 is 10.1 Å². The van der Waals surface area contributed by atoms with E-state index in [1.165, 1.54) is 6.92 Å². The van der Waals surface area contributed by atoms with Crippen LogP contribution in [0, 0.1) is 0 Å². The number of carbonyl (C=O) groups excluding carboxylic acids is 2. The van der Waals surface area contributed by atoms with Gasteiger partial charge in [0.1, 0.15) is 23.5 Å². The van der Waals surface area contributed by atoms with Crippen LogP contribution in [0.15, 0.2) is 48.7 Å². The van der Waals surface area contributed by atoms with Crippen molar-refractivity contribution >= 4 is 23.3 Å². The number of aromatic nitrogens is 5. The van der Waals surface area contributed by atoms with Crippen molar-refractivity contribution < 1.29 is 14.3 Å². The number of nitrogens with zero attached hydrogens (tertiary/aromatic N) is 5. The molecule has 3 heterocycles. The van der Waals surface area contributed by atoms with Gasteiger partial charge in [-0.25, -0.2) is 14.8 Å². The second-order valence-corrected chi connectivity index (χ2v) is 11.7. The number of anilines is 1. The van der Waals surface area contributed by atoms with E-state index in [2.05, 4.69) is 44.6 Å². The quantitative estimate of drug-likeness (QED) is 0.256. The van der Waals surface area contributed by atoms with Crippen molar-refractivity contribution in [1.82, 2.24) is 29.9 Å². The molecule has 4 aromatic rings. The molecule has 0 saturated heterocycles. The number of hydrogen-bond donors (Lipinski definition) is 2. The van der Waals surface area contributed by atoms with Crippen molar-refractivity contribution in [2.75, 3.05) is 5.32 Å². The van der Waals surface area contributed by atoms with Crippen LogP contribution in [0.1, 0.15) is 112 Å². The lowest BCUT2D eigenvalue weighted by Crippen LogP contribution is -2.36. The minimum atomic E-state index is -0.395. The number of nitrogens with one attached hydrogen (secondary N) is 2. The summed E-state index contributed by atoms with van der Waals surface area (Å²) in [5.41, 5.74) is 3.20. The first-order valence-corrected chi connectivity index (χ1v) is 14.1. The Hall–Kier alpha value is -4.34. The maximum absolute atomic E-state index is 13.1. The predicted molar refractivity (Wildman–Crippen MR) is 156 cm³/mol. The normalized spacial score (nSPS) is 17.5. The Balaban J connectivity index is 1.33. The molecule has 1 aromatic carbocycles. The van der Waals surface area contributed by atoms with Gasteiger partial charge in [-0.2, -0.15) is 0 Å². The monoisotopic (exact) mass is 555 g/mol. The lowest BCUT2D eigenvalue weighted by Gasteiger charge is -2.32. The van der Waals surface area contributed by atoms with E-state index in [1.807, 2.05) is 67.8 Å². The summed E-state index contributed by atoms with van der Waals surface area (Å²) in [7, 11) is 0. The molecule has 0 bridgehead atoms. The first-order chi connectivity index (χ1) is 19.5. The second kappa shape index (κ2) is 11.3. The molecule has 3 atom stereocenters. The number of amides is 2. The van der Waals surface area contributed by atoms with Gasteiger partial charge in [0.25, 0.3) is 0 Å². The third-order valence-corrected chi connectivity index (χ3v) is 7.53. The molecule has 1 aliphatic carbocycles. The Morgan fingerprint density at radius 2 is 1.83 bits per heavy atom. The number of rotatable bonds is 7. The van der Waals surface area contributed by atoms with Crippen LogP contribution >= 0.6 is 0 Å². The van der Waals surface area contributed by atoms with Crippen LogP contribution in [-0.2, 0) is 5.41 Å². The highest BCUT2D eigenvalue weighted by atomic mass is 16.5. The van der Waals surface area contributed by atoms with E-state index < -0.39 is 6.03 Å². The first kappa shape index (κ1) is 28.2. The summed E-state index contributed by atoms with van der Waals surface area (Å²) in [5, 5.41) is 14.6. The molecule has 0 fully saturated rings. The van der Waals surface area contributed by atoms with Crippen LogP contribution in [0.25, 0.3) is 5.65 Å². The molecule has 0 radical (unpaired) electrons. The number of carbonyl (C=O) groups is 2. The van der Waals surface area contributed by atoms with Gasteiger partial charge in [-0.1, -0.05) is 58.9 Å². The average Bonchev–Trinajstić information content (AvgIpc) is 3.36. The van der Waals surface area contributed by atoms with Crippen molar-refractivity contribution in [1.29, 1.82) is 0 Å². The summed E-state index contributed by atoms with van der Waals surface area (Å²) in [6.45, 7) is 11.7.